The lowest BCUT2D eigenvalue weighted by Crippen LogP contribution is -2.36. The van der Waals surface area contributed by atoms with Crippen LogP contribution >= 0.6 is 11.6 Å². The Bertz CT molecular complexity index is 1510. The first-order chi connectivity index (χ1) is 17.1. The summed E-state index contributed by atoms with van der Waals surface area (Å²) >= 11 is 6.31. The number of sulfonamides is 1. The van der Waals surface area contributed by atoms with E-state index in [-0.39, 0.29) is 10.3 Å². The Morgan fingerprint density at radius 2 is 1.75 bits per heavy atom. The summed E-state index contributed by atoms with van der Waals surface area (Å²) < 4.78 is 36.3. The van der Waals surface area contributed by atoms with Crippen LogP contribution < -0.4 is 9.62 Å². The Balaban J connectivity index is 1.53. The van der Waals surface area contributed by atoms with Crippen molar-refractivity contribution in [3.63, 3.8) is 0 Å². The van der Waals surface area contributed by atoms with Gasteiger partial charge in [0.1, 0.15) is 5.52 Å². The molecule has 0 bridgehead atoms. The smallest absolute Gasteiger partial charge is 0.261 e. The van der Waals surface area contributed by atoms with E-state index in [1.165, 1.54) is 0 Å². The molecule has 0 saturated carbocycles. The number of nitrogens with zero attached hydrogens (tertiary/aromatic N) is 5. The third-order valence-electron chi connectivity index (χ3n) is 6.12. The van der Waals surface area contributed by atoms with E-state index in [2.05, 4.69) is 45.7 Å². The molecule has 0 amide bonds. The molecule has 11 heteroatoms. The minimum absolute atomic E-state index is 0.0812. The van der Waals surface area contributed by atoms with Crippen molar-refractivity contribution in [3.8, 4) is 5.69 Å². The number of anilines is 2. The maximum atomic E-state index is 13.3. The summed E-state index contributed by atoms with van der Waals surface area (Å²) in [6.45, 7) is 8.88. The van der Waals surface area contributed by atoms with Crippen molar-refractivity contribution in [2.24, 2.45) is 0 Å². The van der Waals surface area contributed by atoms with Crippen molar-refractivity contribution < 1.29 is 13.2 Å². The van der Waals surface area contributed by atoms with Gasteiger partial charge in [-0.15, -0.1) is 5.10 Å². The lowest BCUT2D eigenvalue weighted by atomic mass is 9.87. The molecule has 0 radical (unpaired) electrons. The summed E-state index contributed by atoms with van der Waals surface area (Å²) in [4.78, 5) is 6.79. The fourth-order valence-electron chi connectivity index (χ4n) is 4.13. The van der Waals surface area contributed by atoms with Gasteiger partial charge in [-0.3, -0.25) is 4.72 Å². The van der Waals surface area contributed by atoms with Crippen molar-refractivity contribution in [2.45, 2.75) is 31.1 Å². The fourth-order valence-corrected chi connectivity index (χ4v) is 5.37. The largest absolute Gasteiger partial charge is 0.378 e. The molecule has 3 heterocycles. The number of ether oxygens (including phenoxy) is 1. The van der Waals surface area contributed by atoms with Crippen molar-refractivity contribution in [1.82, 2.24) is 20.0 Å². The molecule has 36 heavy (non-hydrogen) atoms. The third kappa shape index (κ3) is 4.76. The minimum atomic E-state index is -3.87. The van der Waals surface area contributed by atoms with Crippen LogP contribution in [0, 0.1) is 0 Å². The summed E-state index contributed by atoms with van der Waals surface area (Å²) in [5, 5.41) is 9.15. The van der Waals surface area contributed by atoms with Crippen molar-refractivity contribution >= 4 is 44.2 Å². The van der Waals surface area contributed by atoms with Crippen LogP contribution in [0.2, 0.25) is 5.02 Å². The summed E-state index contributed by atoms with van der Waals surface area (Å²) in [6, 6.07) is 13.6. The van der Waals surface area contributed by atoms with Gasteiger partial charge in [0, 0.05) is 24.3 Å². The molecule has 0 unspecified atom stereocenters. The van der Waals surface area contributed by atoms with Gasteiger partial charge in [-0.25, -0.2) is 18.1 Å². The topological polar surface area (TPSA) is 102 Å². The highest BCUT2D eigenvalue weighted by atomic mass is 35.5. The van der Waals surface area contributed by atoms with Gasteiger partial charge in [-0.1, -0.05) is 49.7 Å². The molecule has 1 aliphatic heterocycles. The van der Waals surface area contributed by atoms with E-state index < -0.39 is 10.0 Å². The van der Waals surface area contributed by atoms with Crippen molar-refractivity contribution in [2.75, 3.05) is 35.9 Å². The second-order valence-corrected chi connectivity index (χ2v) is 11.8. The van der Waals surface area contributed by atoms with Gasteiger partial charge in [0.2, 0.25) is 0 Å². The second-order valence-electron chi connectivity index (χ2n) is 9.64. The quantitative estimate of drug-likeness (QED) is 0.411. The molecule has 4 aromatic rings. The molecular formula is C25H27ClN6O3S. The van der Waals surface area contributed by atoms with Crippen LogP contribution in [0.4, 0.5) is 11.5 Å². The molecule has 0 atom stereocenters. The predicted octanol–water partition coefficient (Wildman–Crippen LogP) is 4.40. The molecular weight excluding hydrogens is 500 g/mol. The van der Waals surface area contributed by atoms with E-state index in [0.29, 0.717) is 59.6 Å². The first kappa shape index (κ1) is 24.5. The molecule has 1 fully saturated rings. The van der Waals surface area contributed by atoms with Crippen LogP contribution in [0.5, 0.6) is 0 Å². The zero-order valence-corrected chi connectivity index (χ0v) is 21.8. The molecule has 1 saturated heterocycles. The Morgan fingerprint density at radius 3 is 2.44 bits per heavy atom. The molecule has 2 aromatic carbocycles. The van der Waals surface area contributed by atoms with E-state index in [0.717, 1.165) is 5.56 Å². The molecule has 2 aromatic heterocycles. The molecule has 1 N–H and O–H groups in total. The minimum Gasteiger partial charge on any atom is -0.378 e. The Kier molecular flexibility index (Phi) is 6.36. The van der Waals surface area contributed by atoms with Gasteiger partial charge >= 0.3 is 0 Å². The molecule has 9 nitrogen and oxygen atoms in total. The van der Waals surface area contributed by atoms with Crippen LogP contribution in [-0.4, -0.2) is 54.7 Å². The van der Waals surface area contributed by atoms with Crippen molar-refractivity contribution in [3.05, 3.63) is 65.3 Å². The number of nitrogens with one attached hydrogen (secondary N) is 1. The van der Waals surface area contributed by atoms with Crippen molar-refractivity contribution in [1.29, 1.82) is 0 Å². The van der Waals surface area contributed by atoms with Gasteiger partial charge in [0.15, 0.2) is 11.3 Å². The maximum Gasteiger partial charge on any atom is 0.261 e. The second kappa shape index (κ2) is 9.34. The Labute approximate surface area is 215 Å². The monoisotopic (exact) mass is 526 g/mol. The number of hydrogen-bond acceptors (Lipinski definition) is 7. The van der Waals surface area contributed by atoms with Gasteiger partial charge in [0.05, 0.1) is 29.5 Å². The predicted molar refractivity (Wildman–Crippen MR) is 141 cm³/mol. The first-order valence-corrected chi connectivity index (χ1v) is 13.5. The average molecular weight is 527 g/mol. The SMILES string of the molecule is CC(C)(C)c1ccc(S(=O)(=O)Nc2ccc(Cl)cc2-n2nnc3c(N4CCOCC4)nccc32)cc1. The highest BCUT2D eigenvalue weighted by molar-refractivity contribution is 7.92. The van der Waals surface area contributed by atoms with Gasteiger partial charge < -0.3 is 9.64 Å². The van der Waals surface area contributed by atoms with E-state index in [4.69, 9.17) is 16.3 Å². The van der Waals surface area contributed by atoms with E-state index in [1.54, 1.807) is 47.3 Å². The molecule has 188 valence electrons. The lowest BCUT2D eigenvalue weighted by Gasteiger charge is -2.27. The van der Waals surface area contributed by atoms with Crippen LogP contribution in [-0.2, 0) is 20.2 Å². The third-order valence-corrected chi connectivity index (χ3v) is 7.74. The maximum absolute atomic E-state index is 13.3. The van der Waals surface area contributed by atoms with Crippen LogP contribution in [0.15, 0.2) is 59.6 Å². The van der Waals surface area contributed by atoms with E-state index in [1.807, 2.05) is 12.1 Å². The van der Waals surface area contributed by atoms with Crippen LogP contribution in [0.3, 0.4) is 0 Å². The summed E-state index contributed by atoms with van der Waals surface area (Å²) in [7, 11) is -3.87. The zero-order valence-electron chi connectivity index (χ0n) is 20.3. The van der Waals surface area contributed by atoms with Gasteiger partial charge in [-0.05, 0) is 47.4 Å². The Morgan fingerprint density at radius 1 is 1.03 bits per heavy atom. The summed E-state index contributed by atoms with van der Waals surface area (Å²) in [6.07, 6.45) is 1.69. The number of pyridine rings is 1. The molecule has 0 spiro atoms. The number of fused-ring (bicyclic) bond motifs is 1. The standard InChI is InChI=1S/C25H27ClN6O3S/c1-25(2,3)17-4-7-19(8-5-17)36(33,34)29-20-9-6-18(26)16-22(20)32-21-10-11-27-24(23(21)28-30-32)31-12-14-35-15-13-31/h4-11,16,29H,12-15H2,1-3H3. The molecule has 5 rings (SSSR count). The number of hydrogen-bond donors (Lipinski definition) is 1. The number of aromatic nitrogens is 4. The summed E-state index contributed by atoms with van der Waals surface area (Å²) in [5.41, 5.74) is 3.05. The number of rotatable bonds is 5. The average Bonchev–Trinajstić information content (AvgIpc) is 3.29. The number of halogens is 1. The molecule has 1 aliphatic rings. The fraction of sp³-hybridized carbons (Fsp3) is 0.320. The highest BCUT2D eigenvalue weighted by Gasteiger charge is 2.23. The van der Waals surface area contributed by atoms with Gasteiger partial charge in [-0.2, -0.15) is 0 Å². The molecule has 0 aliphatic carbocycles. The van der Waals surface area contributed by atoms with Gasteiger partial charge in [0.25, 0.3) is 10.0 Å². The Hall–Kier alpha value is -3.21. The summed E-state index contributed by atoms with van der Waals surface area (Å²) in [5.74, 6) is 0.713. The number of benzene rings is 2. The van der Waals surface area contributed by atoms with Crippen LogP contribution in [0.1, 0.15) is 26.3 Å². The lowest BCUT2D eigenvalue weighted by molar-refractivity contribution is 0.122. The normalized spacial score (nSPS) is 14.8. The number of morpholine rings is 1. The first-order valence-electron chi connectivity index (χ1n) is 11.6. The highest BCUT2D eigenvalue weighted by Crippen LogP contribution is 2.31. The zero-order chi connectivity index (χ0) is 25.5. The van der Waals surface area contributed by atoms with Crippen LogP contribution in [0.25, 0.3) is 16.7 Å². The van der Waals surface area contributed by atoms with E-state index >= 15 is 0 Å². The van der Waals surface area contributed by atoms with E-state index in [9.17, 15) is 8.42 Å².